The van der Waals surface area contributed by atoms with Crippen LogP contribution in [0.25, 0.3) is 0 Å². The summed E-state index contributed by atoms with van der Waals surface area (Å²) in [4.78, 5) is 0. The Kier molecular flexibility index (Phi) is 6.15. The van der Waals surface area contributed by atoms with Gasteiger partial charge in [0, 0.05) is 12.0 Å². The molecule has 0 spiro atoms. The molecule has 86 valence electrons. The molecule has 1 aromatic carbocycles. The Morgan fingerprint density at radius 1 is 1.24 bits per heavy atom. The number of allylic oxidation sites excluding steroid dienone is 2. The van der Waals surface area contributed by atoms with Crippen molar-refractivity contribution in [2.45, 2.75) is 26.2 Å². The normalized spacial score (nSPS) is 9.24. The molecule has 0 bridgehead atoms. The zero-order valence-corrected chi connectivity index (χ0v) is 10.0. The zero-order valence-electron chi connectivity index (χ0n) is 10.0. The molecule has 0 saturated heterocycles. The molecular formula is C16H16O. The van der Waals surface area contributed by atoms with E-state index in [9.17, 15) is 5.11 Å². The van der Waals surface area contributed by atoms with Crippen LogP contribution in [0.4, 0.5) is 0 Å². The van der Waals surface area contributed by atoms with E-state index in [0.29, 0.717) is 0 Å². The van der Waals surface area contributed by atoms with E-state index in [2.05, 4.69) is 30.6 Å². The molecule has 0 aliphatic rings. The van der Waals surface area contributed by atoms with Gasteiger partial charge >= 0.3 is 0 Å². The first-order valence-electron chi connectivity index (χ1n) is 5.77. The summed E-state index contributed by atoms with van der Waals surface area (Å²) < 4.78 is 0. The minimum Gasteiger partial charge on any atom is -0.508 e. The van der Waals surface area contributed by atoms with Gasteiger partial charge in [0.05, 0.1) is 0 Å². The molecule has 1 heteroatoms. The van der Waals surface area contributed by atoms with Crippen molar-refractivity contribution in [2.24, 2.45) is 0 Å². The number of unbranched alkanes of at least 4 members (excludes halogenated alkanes) is 2. The van der Waals surface area contributed by atoms with Crippen molar-refractivity contribution < 1.29 is 5.11 Å². The van der Waals surface area contributed by atoms with Crippen LogP contribution in [0.3, 0.4) is 0 Å². The monoisotopic (exact) mass is 224 g/mol. The summed E-state index contributed by atoms with van der Waals surface area (Å²) in [5.74, 6) is 12.0. The second-order valence-corrected chi connectivity index (χ2v) is 3.58. The van der Waals surface area contributed by atoms with Gasteiger partial charge in [-0.05, 0) is 36.8 Å². The molecule has 0 radical (unpaired) electrons. The summed E-state index contributed by atoms with van der Waals surface area (Å²) in [7, 11) is 0. The lowest BCUT2D eigenvalue weighted by atomic mass is 10.2. The molecule has 0 unspecified atom stereocenters. The number of phenolic OH excluding ortho intramolecular Hbond substituents is 1. The molecule has 17 heavy (non-hydrogen) atoms. The summed E-state index contributed by atoms with van der Waals surface area (Å²) in [6.07, 6.45) is 6.75. The van der Waals surface area contributed by atoms with E-state index in [1.165, 1.54) is 6.42 Å². The molecule has 0 aliphatic heterocycles. The van der Waals surface area contributed by atoms with Crippen LogP contribution in [0.1, 0.15) is 31.7 Å². The summed E-state index contributed by atoms with van der Waals surface area (Å²) in [5, 5.41) is 9.23. The van der Waals surface area contributed by atoms with Crippen molar-refractivity contribution in [1.82, 2.24) is 0 Å². The average Bonchev–Trinajstić information content (AvgIpc) is 2.33. The Bertz CT molecular complexity index is 489. The first kappa shape index (κ1) is 12.9. The third-order valence-electron chi connectivity index (χ3n) is 2.07. The largest absolute Gasteiger partial charge is 0.508 e. The maximum atomic E-state index is 9.23. The molecular weight excluding hydrogens is 208 g/mol. The maximum Gasteiger partial charge on any atom is 0.116 e. The van der Waals surface area contributed by atoms with Gasteiger partial charge < -0.3 is 5.11 Å². The van der Waals surface area contributed by atoms with Crippen molar-refractivity contribution >= 4 is 0 Å². The molecule has 0 atom stereocenters. The molecule has 1 nitrogen and oxygen atoms in total. The highest BCUT2D eigenvalue weighted by atomic mass is 16.3. The van der Waals surface area contributed by atoms with Gasteiger partial charge in [-0.3, -0.25) is 0 Å². The highest BCUT2D eigenvalue weighted by Gasteiger charge is 1.87. The van der Waals surface area contributed by atoms with E-state index in [1.807, 2.05) is 6.07 Å². The first-order chi connectivity index (χ1) is 8.33. The van der Waals surface area contributed by atoms with Crippen molar-refractivity contribution in [2.75, 3.05) is 0 Å². The second kappa shape index (κ2) is 8.08. The number of phenols is 1. The molecule has 0 saturated carbocycles. The van der Waals surface area contributed by atoms with E-state index < -0.39 is 0 Å². The fourth-order valence-corrected chi connectivity index (χ4v) is 1.19. The number of benzene rings is 1. The van der Waals surface area contributed by atoms with Crippen LogP contribution in [0, 0.1) is 23.7 Å². The van der Waals surface area contributed by atoms with E-state index >= 15 is 0 Å². The van der Waals surface area contributed by atoms with E-state index in [4.69, 9.17) is 0 Å². The Hall–Kier alpha value is -2.12. The van der Waals surface area contributed by atoms with E-state index in [0.717, 1.165) is 18.4 Å². The predicted octanol–water partition coefficient (Wildman–Crippen LogP) is 3.49. The quantitative estimate of drug-likeness (QED) is 0.602. The minimum absolute atomic E-state index is 0.236. The van der Waals surface area contributed by atoms with Crippen LogP contribution >= 0.6 is 0 Å². The molecule has 0 amide bonds. The van der Waals surface area contributed by atoms with Crippen molar-refractivity contribution in [3.05, 3.63) is 42.0 Å². The fourth-order valence-electron chi connectivity index (χ4n) is 1.19. The van der Waals surface area contributed by atoms with Crippen LogP contribution < -0.4 is 0 Å². The number of hydrogen-bond acceptors (Lipinski definition) is 1. The fraction of sp³-hybridized carbons (Fsp3) is 0.250. The first-order valence-corrected chi connectivity index (χ1v) is 5.77. The Labute approximate surface area is 103 Å². The maximum absolute atomic E-state index is 9.23. The molecule has 0 heterocycles. The third-order valence-corrected chi connectivity index (χ3v) is 2.07. The van der Waals surface area contributed by atoms with Gasteiger partial charge in [-0.25, -0.2) is 0 Å². The Balaban J connectivity index is 2.45. The lowest BCUT2D eigenvalue weighted by Crippen LogP contribution is -1.71. The summed E-state index contributed by atoms with van der Waals surface area (Å²) >= 11 is 0. The van der Waals surface area contributed by atoms with Gasteiger partial charge in [-0.1, -0.05) is 43.1 Å². The third kappa shape index (κ3) is 6.13. The van der Waals surface area contributed by atoms with Crippen molar-refractivity contribution in [3.8, 4) is 29.4 Å². The Morgan fingerprint density at radius 2 is 2.06 bits per heavy atom. The summed E-state index contributed by atoms with van der Waals surface area (Å²) in [5.41, 5.74) is 0.800. The van der Waals surface area contributed by atoms with Gasteiger partial charge in [0.1, 0.15) is 5.75 Å². The minimum atomic E-state index is 0.236. The topological polar surface area (TPSA) is 20.2 Å². The molecule has 1 aromatic rings. The van der Waals surface area contributed by atoms with Gasteiger partial charge in [0.2, 0.25) is 0 Å². The SMILES string of the molecule is CCCCC#CC=CC#Cc1cccc(O)c1. The Morgan fingerprint density at radius 3 is 2.82 bits per heavy atom. The average molecular weight is 224 g/mol. The lowest BCUT2D eigenvalue weighted by Gasteiger charge is -1.90. The van der Waals surface area contributed by atoms with Crippen LogP contribution in [-0.4, -0.2) is 5.11 Å². The highest BCUT2D eigenvalue weighted by Crippen LogP contribution is 2.09. The smallest absolute Gasteiger partial charge is 0.116 e. The number of aromatic hydroxyl groups is 1. The van der Waals surface area contributed by atoms with Gasteiger partial charge in [0.15, 0.2) is 0 Å². The summed E-state index contributed by atoms with van der Waals surface area (Å²) in [6.45, 7) is 2.15. The van der Waals surface area contributed by atoms with E-state index in [-0.39, 0.29) is 5.75 Å². The van der Waals surface area contributed by atoms with Crippen molar-refractivity contribution in [3.63, 3.8) is 0 Å². The summed E-state index contributed by atoms with van der Waals surface area (Å²) in [6, 6.07) is 6.88. The van der Waals surface area contributed by atoms with Crippen LogP contribution in [0.5, 0.6) is 5.75 Å². The number of rotatable bonds is 2. The zero-order chi connectivity index (χ0) is 12.3. The molecule has 1 rings (SSSR count). The van der Waals surface area contributed by atoms with Gasteiger partial charge in [0.25, 0.3) is 0 Å². The van der Waals surface area contributed by atoms with Crippen LogP contribution in [0.15, 0.2) is 36.4 Å². The van der Waals surface area contributed by atoms with Crippen LogP contribution in [0.2, 0.25) is 0 Å². The predicted molar refractivity (Wildman–Crippen MR) is 71.4 cm³/mol. The van der Waals surface area contributed by atoms with Crippen LogP contribution in [-0.2, 0) is 0 Å². The number of hydrogen-bond donors (Lipinski definition) is 1. The highest BCUT2D eigenvalue weighted by molar-refractivity contribution is 5.41. The molecule has 0 fully saturated rings. The van der Waals surface area contributed by atoms with Gasteiger partial charge in [-0.2, -0.15) is 0 Å². The van der Waals surface area contributed by atoms with Gasteiger partial charge in [-0.15, -0.1) is 0 Å². The lowest BCUT2D eigenvalue weighted by molar-refractivity contribution is 0.475. The molecule has 0 aliphatic carbocycles. The standard InChI is InChI=1S/C16H16O/c1-2-3-4-5-6-7-8-9-11-15-12-10-13-16(17)14-15/h7-8,10,12-14,17H,2-4H2,1H3. The molecule has 0 aromatic heterocycles. The second-order valence-electron chi connectivity index (χ2n) is 3.58. The van der Waals surface area contributed by atoms with Crippen molar-refractivity contribution in [1.29, 1.82) is 0 Å². The van der Waals surface area contributed by atoms with E-state index in [1.54, 1.807) is 30.4 Å². The molecule has 1 N–H and O–H groups in total.